The van der Waals surface area contributed by atoms with Crippen LogP contribution in [-0.4, -0.2) is 31.3 Å². The molecule has 19 heavy (non-hydrogen) atoms. The van der Waals surface area contributed by atoms with Crippen LogP contribution in [0.1, 0.15) is 36.5 Å². The van der Waals surface area contributed by atoms with Crippen LogP contribution in [0.5, 0.6) is 0 Å². The van der Waals surface area contributed by atoms with Crippen molar-refractivity contribution in [2.24, 2.45) is 0 Å². The first kappa shape index (κ1) is 15.4. The third-order valence-electron chi connectivity index (χ3n) is 2.73. The first-order valence-corrected chi connectivity index (χ1v) is 6.79. The Hall–Kier alpha value is -1.68. The topological polar surface area (TPSA) is 58.2 Å². The van der Waals surface area contributed by atoms with Crippen molar-refractivity contribution in [3.8, 4) is 0 Å². The van der Waals surface area contributed by atoms with E-state index in [1.165, 1.54) is 0 Å². The largest absolute Gasteiger partial charge is 0.355 e. The van der Waals surface area contributed by atoms with Crippen molar-refractivity contribution in [1.29, 1.82) is 0 Å². The minimum Gasteiger partial charge on any atom is -0.355 e. The van der Waals surface area contributed by atoms with Crippen LogP contribution in [0.4, 0.5) is 0 Å². The van der Waals surface area contributed by atoms with E-state index in [4.69, 9.17) is 0 Å². The van der Waals surface area contributed by atoms with Crippen molar-refractivity contribution in [3.63, 3.8) is 0 Å². The van der Waals surface area contributed by atoms with Crippen molar-refractivity contribution in [3.05, 3.63) is 35.9 Å². The van der Waals surface area contributed by atoms with Gasteiger partial charge in [-0.05, 0) is 13.0 Å². The second-order valence-electron chi connectivity index (χ2n) is 4.39. The Labute approximate surface area is 114 Å². The maximum Gasteiger partial charge on any atom is 0.220 e. The number of nitrogens with one attached hydrogen (secondary N) is 2. The molecule has 0 aromatic heterocycles. The number of hydrogen-bond donors (Lipinski definition) is 2. The number of carbonyl (C=O) groups excluding carboxylic acids is 2. The lowest BCUT2D eigenvalue weighted by atomic mass is 10.1. The number of amides is 1. The van der Waals surface area contributed by atoms with Crippen molar-refractivity contribution in [1.82, 2.24) is 10.6 Å². The lowest BCUT2D eigenvalue weighted by Gasteiger charge is -2.06. The molecule has 0 saturated heterocycles. The fraction of sp³-hybridized carbons (Fsp3) is 0.467. The molecule has 0 bridgehead atoms. The molecule has 0 aliphatic carbocycles. The molecule has 0 saturated carbocycles. The van der Waals surface area contributed by atoms with Gasteiger partial charge in [0.15, 0.2) is 5.78 Å². The number of hydrogen-bond acceptors (Lipinski definition) is 3. The van der Waals surface area contributed by atoms with E-state index in [0.29, 0.717) is 12.1 Å². The zero-order valence-corrected chi connectivity index (χ0v) is 11.4. The molecule has 104 valence electrons. The van der Waals surface area contributed by atoms with Crippen LogP contribution in [0.25, 0.3) is 0 Å². The Morgan fingerprint density at radius 3 is 2.42 bits per heavy atom. The minimum atomic E-state index is -0.0671. The summed E-state index contributed by atoms with van der Waals surface area (Å²) in [4.78, 5) is 23.3. The normalized spacial score (nSPS) is 10.2. The van der Waals surface area contributed by atoms with Crippen LogP contribution in [0.15, 0.2) is 30.3 Å². The molecule has 0 aliphatic rings. The highest BCUT2D eigenvalue weighted by Crippen LogP contribution is 2.04. The summed E-state index contributed by atoms with van der Waals surface area (Å²) >= 11 is 0. The van der Waals surface area contributed by atoms with Gasteiger partial charge in [0, 0.05) is 31.5 Å². The average Bonchev–Trinajstić information content (AvgIpc) is 2.45. The lowest BCUT2D eigenvalue weighted by Crippen LogP contribution is -2.32. The second-order valence-corrected chi connectivity index (χ2v) is 4.39. The van der Waals surface area contributed by atoms with Gasteiger partial charge in [0.2, 0.25) is 5.91 Å². The van der Waals surface area contributed by atoms with Crippen molar-refractivity contribution >= 4 is 11.7 Å². The van der Waals surface area contributed by atoms with Crippen LogP contribution >= 0.6 is 0 Å². The van der Waals surface area contributed by atoms with Crippen molar-refractivity contribution in [2.75, 3.05) is 19.6 Å². The van der Waals surface area contributed by atoms with E-state index in [1.54, 1.807) is 12.1 Å². The van der Waals surface area contributed by atoms with Crippen LogP contribution in [0, 0.1) is 0 Å². The Morgan fingerprint density at radius 1 is 1.00 bits per heavy atom. The highest BCUT2D eigenvalue weighted by atomic mass is 16.2. The Morgan fingerprint density at radius 2 is 1.74 bits per heavy atom. The molecule has 1 amide bonds. The van der Waals surface area contributed by atoms with E-state index in [0.717, 1.165) is 19.5 Å². The lowest BCUT2D eigenvalue weighted by molar-refractivity contribution is -0.121. The smallest absolute Gasteiger partial charge is 0.220 e. The zero-order valence-electron chi connectivity index (χ0n) is 11.4. The molecule has 2 N–H and O–H groups in total. The van der Waals surface area contributed by atoms with E-state index in [-0.39, 0.29) is 24.5 Å². The molecule has 0 heterocycles. The molecule has 0 unspecified atom stereocenters. The van der Waals surface area contributed by atoms with E-state index < -0.39 is 0 Å². The van der Waals surface area contributed by atoms with Gasteiger partial charge < -0.3 is 10.6 Å². The number of ketones is 1. The number of benzene rings is 1. The second kappa shape index (κ2) is 9.28. The van der Waals surface area contributed by atoms with Crippen LogP contribution in [0.2, 0.25) is 0 Å². The van der Waals surface area contributed by atoms with Crippen LogP contribution in [0.3, 0.4) is 0 Å². The Kier molecular flexibility index (Phi) is 7.51. The number of rotatable bonds is 9. The fourth-order valence-corrected chi connectivity index (χ4v) is 1.68. The standard InChI is InChI=1S/C15H22N2O2/c1-2-10-16-11-12-17-15(19)9-8-14(18)13-6-4-3-5-7-13/h3-7,16H,2,8-12H2,1H3,(H,17,19). The molecule has 0 fully saturated rings. The van der Waals surface area contributed by atoms with Crippen LogP contribution < -0.4 is 10.6 Å². The Bertz CT molecular complexity index is 390. The van der Waals surface area contributed by atoms with Gasteiger partial charge in [-0.3, -0.25) is 9.59 Å². The summed E-state index contributed by atoms with van der Waals surface area (Å²) in [6, 6.07) is 9.07. The molecule has 0 aliphatic heterocycles. The summed E-state index contributed by atoms with van der Waals surface area (Å²) in [7, 11) is 0. The predicted molar refractivity (Wildman–Crippen MR) is 76.2 cm³/mol. The highest BCUT2D eigenvalue weighted by molar-refractivity contribution is 5.97. The van der Waals surface area contributed by atoms with Gasteiger partial charge >= 0.3 is 0 Å². The molecule has 1 rings (SSSR count). The average molecular weight is 262 g/mol. The van der Waals surface area contributed by atoms with E-state index >= 15 is 0 Å². The van der Waals surface area contributed by atoms with Gasteiger partial charge in [-0.2, -0.15) is 0 Å². The maximum absolute atomic E-state index is 11.8. The highest BCUT2D eigenvalue weighted by Gasteiger charge is 2.08. The van der Waals surface area contributed by atoms with Gasteiger partial charge in [-0.15, -0.1) is 0 Å². The zero-order chi connectivity index (χ0) is 13.9. The third kappa shape index (κ3) is 6.72. The molecule has 1 aromatic carbocycles. The SMILES string of the molecule is CCCNCCNC(=O)CCC(=O)c1ccccc1. The van der Waals surface area contributed by atoms with E-state index in [1.807, 2.05) is 18.2 Å². The van der Waals surface area contributed by atoms with Crippen LogP contribution in [-0.2, 0) is 4.79 Å². The fourth-order valence-electron chi connectivity index (χ4n) is 1.68. The molecular formula is C15H22N2O2. The summed E-state index contributed by atoms with van der Waals surface area (Å²) in [5, 5.41) is 5.99. The van der Waals surface area contributed by atoms with Crippen molar-refractivity contribution < 1.29 is 9.59 Å². The quantitative estimate of drug-likeness (QED) is 0.526. The molecular weight excluding hydrogens is 240 g/mol. The third-order valence-corrected chi connectivity index (χ3v) is 2.73. The first-order valence-electron chi connectivity index (χ1n) is 6.79. The molecule has 0 atom stereocenters. The Balaban J connectivity index is 2.15. The first-order chi connectivity index (χ1) is 9.24. The molecule has 1 aromatic rings. The summed E-state index contributed by atoms with van der Waals surface area (Å²) in [6.07, 6.45) is 1.60. The maximum atomic E-state index is 11.8. The summed E-state index contributed by atoms with van der Waals surface area (Å²) in [6.45, 7) is 4.44. The number of carbonyl (C=O) groups is 2. The van der Waals surface area contributed by atoms with E-state index in [2.05, 4.69) is 17.6 Å². The van der Waals surface area contributed by atoms with Crippen molar-refractivity contribution in [2.45, 2.75) is 26.2 Å². The number of Topliss-reactive ketones (excluding diaryl/α,β-unsaturated/α-hetero) is 1. The molecule has 0 radical (unpaired) electrons. The monoisotopic (exact) mass is 262 g/mol. The summed E-state index contributed by atoms with van der Waals surface area (Å²) in [5.41, 5.74) is 0.667. The van der Waals surface area contributed by atoms with Gasteiger partial charge in [0.25, 0.3) is 0 Å². The van der Waals surface area contributed by atoms with Gasteiger partial charge in [0.05, 0.1) is 0 Å². The summed E-state index contributed by atoms with van der Waals surface area (Å²) < 4.78 is 0. The predicted octanol–water partition coefficient (Wildman–Crippen LogP) is 1.77. The van der Waals surface area contributed by atoms with E-state index in [9.17, 15) is 9.59 Å². The van der Waals surface area contributed by atoms with Gasteiger partial charge in [-0.25, -0.2) is 0 Å². The summed E-state index contributed by atoms with van der Waals surface area (Å²) in [5.74, 6) is -0.0533. The van der Waals surface area contributed by atoms with Gasteiger partial charge in [0.1, 0.15) is 0 Å². The molecule has 4 nitrogen and oxygen atoms in total. The minimum absolute atomic E-state index is 0.0138. The van der Waals surface area contributed by atoms with Gasteiger partial charge in [-0.1, -0.05) is 37.3 Å². The molecule has 4 heteroatoms. The molecule has 0 spiro atoms.